The molecule has 2 atom stereocenters. The molecule has 1 unspecified atom stereocenters. The second-order valence-electron chi connectivity index (χ2n) is 5.42. The summed E-state index contributed by atoms with van der Waals surface area (Å²) in [7, 11) is 0. The summed E-state index contributed by atoms with van der Waals surface area (Å²) in [5.74, 6) is 0.918. The second-order valence-corrected chi connectivity index (χ2v) is 5.42. The van der Waals surface area contributed by atoms with E-state index in [0.717, 1.165) is 12.0 Å². The number of fused-ring (bicyclic) bond motifs is 1. The highest BCUT2D eigenvalue weighted by Crippen LogP contribution is 2.25. The van der Waals surface area contributed by atoms with Crippen molar-refractivity contribution in [2.45, 2.75) is 45.6 Å². The van der Waals surface area contributed by atoms with Crippen LogP contribution in [0.1, 0.15) is 39.5 Å². The Bertz CT molecular complexity index is 292. The normalized spacial score (nSPS) is 31.3. The minimum atomic E-state index is 0.780. The molecule has 0 amide bonds. The van der Waals surface area contributed by atoms with E-state index in [1.807, 2.05) is 13.8 Å². The van der Waals surface area contributed by atoms with E-state index in [9.17, 15) is 0 Å². The van der Waals surface area contributed by atoms with Crippen molar-refractivity contribution in [3.8, 4) is 0 Å². The van der Waals surface area contributed by atoms with Gasteiger partial charge in [0.2, 0.25) is 0 Å². The first-order valence-electron chi connectivity index (χ1n) is 7.73. The average molecular weight is 248 g/mol. The highest BCUT2D eigenvalue weighted by atomic mass is 15.2. The predicted molar refractivity (Wildman–Crippen MR) is 78.8 cm³/mol. The lowest BCUT2D eigenvalue weighted by Gasteiger charge is -2.24. The largest absolute Gasteiger partial charge is 0.312 e. The van der Waals surface area contributed by atoms with Crippen molar-refractivity contribution in [2.75, 3.05) is 26.2 Å². The van der Waals surface area contributed by atoms with Crippen molar-refractivity contribution >= 4 is 0 Å². The number of likely N-dealkylation sites (tertiary alicyclic amines) is 1. The summed E-state index contributed by atoms with van der Waals surface area (Å²) in [6, 6.07) is 0.780. The summed E-state index contributed by atoms with van der Waals surface area (Å²) in [4.78, 5) is 2.63. The van der Waals surface area contributed by atoms with Crippen LogP contribution in [-0.4, -0.2) is 37.1 Å². The summed E-state index contributed by atoms with van der Waals surface area (Å²) < 4.78 is 0. The Balaban J connectivity index is 0.000000574. The zero-order valence-corrected chi connectivity index (χ0v) is 12.0. The molecule has 0 spiro atoms. The van der Waals surface area contributed by atoms with Gasteiger partial charge in [-0.3, -0.25) is 4.90 Å². The van der Waals surface area contributed by atoms with Gasteiger partial charge < -0.3 is 5.32 Å². The molecule has 0 aromatic carbocycles. The van der Waals surface area contributed by atoms with Gasteiger partial charge in [-0.15, -0.1) is 0 Å². The van der Waals surface area contributed by atoms with E-state index < -0.39 is 0 Å². The number of hydrogen-bond acceptors (Lipinski definition) is 2. The first kappa shape index (κ1) is 13.8. The van der Waals surface area contributed by atoms with Crippen LogP contribution in [0, 0.1) is 5.92 Å². The highest BCUT2D eigenvalue weighted by molar-refractivity contribution is 5.24. The van der Waals surface area contributed by atoms with Crippen LogP contribution < -0.4 is 5.32 Å². The smallest absolute Gasteiger partial charge is 0.0235 e. The monoisotopic (exact) mass is 248 g/mol. The molecule has 18 heavy (non-hydrogen) atoms. The van der Waals surface area contributed by atoms with Crippen LogP contribution in [-0.2, 0) is 0 Å². The predicted octanol–water partition coefficient (Wildman–Crippen LogP) is 2.97. The Hall–Kier alpha value is -0.600. The van der Waals surface area contributed by atoms with Crippen LogP contribution in [0.5, 0.6) is 0 Å². The summed E-state index contributed by atoms with van der Waals surface area (Å²) in [5.41, 5.74) is 1.53. The van der Waals surface area contributed by atoms with E-state index in [2.05, 4.69) is 28.4 Å². The molecule has 2 heteroatoms. The zero-order valence-electron chi connectivity index (χ0n) is 12.0. The van der Waals surface area contributed by atoms with Gasteiger partial charge in [0.1, 0.15) is 0 Å². The number of nitrogens with zero attached hydrogens (tertiary/aromatic N) is 1. The molecule has 0 aromatic rings. The van der Waals surface area contributed by atoms with Crippen molar-refractivity contribution in [3.05, 3.63) is 23.8 Å². The zero-order chi connectivity index (χ0) is 12.8. The topological polar surface area (TPSA) is 15.3 Å². The van der Waals surface area contributed by atoms with Gasteiger partial charge in [0.05, 0.1) is 0 Å². The maximum Gasteiger partial charge on any atom is 0.0235 e. The maximum absolute atomic E-state index is 3.67. The third-order valence-corrected chi connectivity index (χ3v) is 4.15. The average Bonchev–Trinajstić information content (AvgIpc) is 2.84. The lowest BCUT2D eigenvalue weighted by Crippen LogP contribution is -2.40. The molecule has 0 aromatic heterocycles. The Labute approximate surface area is 112 Å². The standard InChI is InChI=1S/C14H22N2.C2H6/c1-2-5-12(6-3-1)9-16-10-13-7-4-8-15-14(13)11-16;1-2/h2,5-6,13-15H,1,3-4,7-11H2;1-2H3/t13-,14?;/m0./s1. The Kier molecular flexibility index (Phi) is 5.45. The third-order valence-electron chi connectivity index (χ3n) is 4.15. The molecule has 0 saturated carbocycles. The number of rotatable bonds is 2. The summed E-state index contributed by atoms with van der Waals surface area (Å²) >= 11 is 0. The molecule has 102 valence electrons. The van der Waals surface area contributed by atoms with Gasteiger partial charge in [0, 0.05) is 25.7 Å². The molecule has 2 heterocycles. The fourth-order valence-corrected chi connectivity index (χ4v) is 3.31. The Morgan fingerprint density at radius 1 is 1.28 bits per heavy atom. The Morgan fingerprint density at radius 2 is 2.17 bits per heavy atom. The van der Waals surface area contributed by atoms with Crippen LogP contribution in [0.2, 0.25) is 0 Å². The highest BCUT2D eigenvalue weighted by Gasteiger charge is 2.33. The van der Waals surface area contributed by atoms with E-state index in [-0.39, 0.29) is 0 Å². The Morgan fingerprint density at radius 3 is 2.89 bits per heavy atom. The molecule has 3 aliphatic rings. The molecule has 0 radical (unpaired) electrons. The number of allylic oxidation sites excluding steroid dienone is 2. The van der Waals surface area contributed by atoms with Crippen molar-refractivity contribution in [1.82, 2.24) is 10.2 Å². The van der Waals surface area contributed by atoms with Gasteiger partial charge >= 0.3 is 0 Å². The first-order valence-corrected chi connectivity index (χ1v) is 7.73. The van der Waals surface area contributed by atoms with Crippen LogP contribution >= 0.6 is 0 Å². The fraction of sp³-hybridized carbons (Fsp3) is 0.750. The molecule has 1 aliphatic carbocycles. The lowest BCUT2D eigenvalue weighted by molar-refractivity contribution is 0.334. The fourth-order valence-electron chi connectivity index (χ4n) is 3.31. The van der Waals surface area contributed by atoms with E-state index in [1.165, 1.54) is 57.4 Å². The van der Waals surface area contributed by atoms with E-state index in [0.29, 0.717) is 0 Å². The number of hydrogen-bond donors (Lipinski definition) is 1. The van der Waals surface area contributed by atoms with Crippen LogP contribution in [0.4, 0.5) is 0 Å². The summed E-state index contributed by atoms with van der Waals surface area (Å²) in [6.45, 7) is 8.97. The van der Waals surface area contributed by atoms with Crippen LogP contribution in [0.25, 0.3) is 0 Å². The summed E-state index contributed by atoms with van der Waals surface area (Å²) in [6.07, 6.45) is 12.3. The molecule has 2 aliphatic heterocycles. The van der Waals surface area contributed by atoms with Crippen molar-refractivity contribution in [2.24, 2.45) is 5.92 Å². The number of piperidine rings is 1. The van der Waals surface area contributed by atoms with Gasteiger partial charge in [0.25, 0.3) is 0 Å². The second kappa shape index (κ2) is 7.10. The number of nitrogens with one attached hydrogen (secondary N) is 1. The van der Waals surface area contributed by atoms with Crippen molar-refractivity contribution < 1.29 is 0 Å². The molecular weight excluding hydrogens is 220 g/mol. The lowest BCUT2D eigenvalue weighted by atomic mass is 9.94. The van der Waals surface area contributed by atoms with Gasteiger partial charge in [-0.1, -0.05) is 32.1 Å². The minimum Gasteiger partial charge on any atom is -0.312 e. The molecule has 1 N–H and O–H groups in total. The molecule has 3 rings (SSSR count). The molecule has 0 bridgehead atoms. The first-order chi connectivity index (χ1) is 8.92. The summed E-state index contributed by atoms with van der Waals surface area (Å²) in [5, 5.41) is 3.67. The molecular formula is C16H28N2. The molecule has 2 fully saturated rings. The van der Waals surface area contributed by atoms with Gasteiger partial charge in [-0.05, 0) is 43.7 Å². The SMILES string of the molecule is C1=CC(CN2CC3NCCC[C@H]3C2)=CCC1.CC. The van der Waals surface area contributed by atoms with Gasteiger partial charge in [0.15, 0.2) is 0 Å². The van der Waals surface area contributed by atoms with Crippen LogP contribution in [0.3, 0.4) is 0 Å². The van der Waals surface area contributed by atoms with E-state index in [4.69, 9.17) is 0 Å². The maximum atomic E-state index is 3.67. The van der Waals surface area contributed by atoms with Crippen molar-refractivity contribution in [3.63, 3.8) is 0 Å². The van der Waals surface area contributed by atoms with Gasteiger partial charge in [-0.25, -0.2) is 0 Å². The van der Waals surface area contributed by atoms with E-state index >= 15 is 0 Å². The molecule has 2 saturated heterocycles. The van der Waals surface area contributed by atoms with Gasteiger partial charge in [-0.2, -0.15) is 0 Å². The molecule has 2 nitrogen and oxygen atoms in total. The van der Waals surface area contributed by atoms with Crippen LogP contribution in [0.15, 0.2) is 23.8 Å². The minimum absolute atomic E-state index is 0.780. The quantitative estimate of drug-likeness (QED) is 0.808. The van der Waals surface area contributed by atoms with E-state index in [1.54, 1.807) is 0 Å². The third kappa shape index (κ3) is 3.46. The van der Waals surface area contributed by atoms with Crippen molar-refractivity contribution in [1.29, 1.82) is 0 Å².